The van der Waals surface area contributed by atoms with Gasteiger partial charge >= 0.3 is 0 Å². The predicted octanol–water partition coefficient (Wildman–Crippen LogP) is 8.45. The zero-order chi connectivity index (χ0) is 23.8. The second-order valence-corrected chi connectivity index (χ2v) is 9.09. The minimum Gasteiger partial charge on any atom is -0.494 e. The van der Waals surface area contributed by atoms with E-state index in [9.17, 15) is 0 Å². The van der Waals surface area contributed by atoms with Crippen LogP contribution in [0, 0.1) is 11.3 Å². The van der Waals surface area contributed by atoms with E-state index in [0.29, 0.717) is 0 Å². The number of ether oxygens (including phenoxy) is 2. The zero-order valence-electron chi connectivity index (χ0n) is 20.7. The predicted molar refractivity (Wildman–Crippen MR) is 141 cm³/mol. The SMILES string of the molecule is CCCCCc1ccc(OCCCCCCCOc2ccc(C3=CC=C(C#N)CC3)cc2)cc1. The summed E-state index contributed by atoms with van der Waals surface area (Å²) in [5.74, 6) is 1.92. The Hall–Kier alpha value is -2.99. The third kappa shape index (κ3) is 9.10. The number of hydrogen-bond acceptors (Lipinski definition) is 3. The van der Waals surface area contributed by atoms with Crippen molar-refractivity contribution in [3.05, 3.63) is 77.4 Å². The van der Waals surface area contributed by atoms with Gasteiger partial charge in [0.25, 0.3) is 0 Å². The van der Waals surface area contributed by atoms with Gasteiger partial charge in [-0.15, -0.1) is 0 Å². The molecule has 3 nitrogen and oxygen atoms in total. The van der Waals surface area contributed by atoms with Crippen LogP contribution in [-0.4, -0.2) is 13.2 Å². The van der Waals surface area contributed by atoms with E-state index in [-0.39, 0.29) is 0 Å². The highest BCUT2D eigenvalue weighted by Crippen LogP contribution is 2.27. The Bertz CT molecular complexity index is 948. The number of unbranched alkanes of at least 4 members (excludes halogenated alkanes) is 6. The standard InChI is InChI=1S/C31H39NO2/c1-2-3-7-10-26-13-19-30(20-14-26)33-23-8-5-4-6-9-24-34-31-21-17-29(18-22-31)28-15-11-27(25-32)12-16-28/h11,13-15,17-22H,2-10,12,16,23-24H2,1H3. The molecule has 0 spiro atoms. The summed E-state index contributed by atoms with van der Waals surface area (Å²) in [4.78, 5) is 0. The summed E-state index contributed by atoms with van der Waals surface area (Å²) in [6.45, 7) is 3.80. The normalized spacial score (nSPS) is 13.1. The van der Waals surface area contributed by atoms with E-state index in [2.05, 4.69) is 67.6 Å². The van der Waals surface area contributed by atoms with Crippen LogP contribution in [0.3, 0.4) is 0 Å². The van der Waals surface area contributed by atoms with Crippen LogP contribution in [0.15, 0.2) is 66.3 Å². The lowest BCUT2D eigenvalue weighted by atomic mass is 9.94. The summed E-state index contributed by atoms with van der Waals surface area (Å²) >= 11 is 0. The van der Waals surface area contributed by atoms with Gasteiger partial charge in [0, 0.05) is 5.57 Å². The zero-order valence-corrected chi connectivity index (χ0v) is 20.7. The molecule has 2 aromatic rings. The maximum absolute atomic E-state index is 8.97. The molecule has 0 unspecified atom stereocenters. The number of hydrogen-bond donors (Lipinski definition) is 0. The molecule has 180 valence electrons. The highest BCUT2D eigenvalue weighted by molar-refractivity contribution is 5.69. The van der Waals surface area contributed by atoms with Gasteiger partial charge in [-0.1, -0.05) is 69.4 Å². The molecule has 1 aliphatic rings. The highest BCUT2D eigenvalue weighted by atomic mass is 16.5. The fourth-order valence-corrected chi connectivity index (χ4v) is 4.18. The third-order valence-electron chi connectivity index (χ3n) is 6.34. The Balaban J connectivity index is 1.21. The summed E-state index contributed by atoms with van der Waals surface area (Å²) in [6.07, 6.45) is 16.5. The molecule has 0 atom stereocenters. The van der Waals surface area contributed by atoms with Gasteiger partial charge in [0.2, 0.25) is 0 Å². The lowest BCUT2D eigenvalue weighted by molar-refractivity contribution is 0.293. The number of aryl methyl sites for hydroxylation is 1. The molecule has 0 radical (unpaired) electrons. The van der Waals surface area contributed by atoms with E-state index in [1.54, 1.807) is 0 Å². The number of rotatable bonds is 15. The van der Waals surface area contributed by atoms with Crippen molar-refractivity contribution >= 4 is 5.57 Å². The van der Waals surface area contributed by atoms with Crippen LogP contribution in [-0.2, 0) is 6.42 Å². The molecule has 2 aromatic carbocycles. The first-order valence-electron chi connectivity index (χ1n) is 13.0. The van der Waals surface area contributed by atoms with E-state index in [1.165, 1.54) is 61.6 Å². The average molecular weight is 458 g/mol. The van der Waals surface area contributed by atoms with Crippen LogP contribution in [0.4, 0.5) is 0 Å². The molecular weight excluding hydrogens is 418 g/mol. The Morgan fingerprint density at radius 3 is 1.88 bits per heavy atom. The van der Waals surface area contributed by atoms with Crippen molar-refractivity contribution in [2.75, 3.05) is 13.2 Å². The summed E-state index contributed by atoms with van der Waals surface area (Å²) in [6, 6.07) is 19.2. The largest absolute Gasteiger partial charge is 0.494 e. The van der Waals surface area contributed by atoms with Gasteiger partial charge in [-0.25, -0.2) is 0 Å². The van der Waals surface area contributed by atoms with Crippen molar-refractivity contribution in [2.24, 2.45) is 0 Å². The van der Waals surface area contributed by atoms with Gasteiger partial charge in [-0.3, -0.25) is 0 Å². The minimum absolute atomic E-state index is 0.761. The van der Waals surface area contributed by atoms with Crippen LogP contribution in [0.5, 0.6) is 11.5 Å². The van der Waals surface area contributed by atoms with Crippen LogP contribution in [0.1, 0.15) is 82.3 Å². The van der Waals surface area contributed by atoms with E-state index < -0.39 is 0 Å². The smallest absolute Gasteiger partial charge is 0.119 e. The molecule has 34 heavy (non-hydrogen) atoms. The monoisotopic (exact) mass is 457 g/mol. The Morgan fingerprint density at radius 1 is 0.706 bits per heavy atom. The fraction of sp³-hybridized carbons (Fsp3) is 0.452. The molecule has 0 saturated heterocycles. The number of nitrogens with zero attached hydrogens (tertiary/aromatic N) is 1. The Kier molecular flexibility index (Phi) is 11.3. The first-order chi connectivity index (χ1) is 16.8. The highest BCUT2D eigenvalue weighted by Gasteiger charge is 2.08. The number of allylic oxidation sites excluding steroid dienone is 4. The van der Waals surface area contributed by atoms with Crippen molar-refractivity contribution in [3.63, 3.8) is 0 Å². The second-order valence-electron chi connectivity index (χ2n) is 9.09. The van der Waals surface area contributed by atoms with E-state index in [1.807, 2.05) is 6.08 Å². The topological polar surface area (TPSA) is 42.2 Å². The van der Waals surface area contributed by atoms with Gasteiger partial charge < -0.3 is 9.47 Å². The van der Waals surface area contributed by atoms with Gasteiger partial charge in [0.1, 0.15) is 11.5 Å². The number of benzene rings is 2. The fourth-order valence-electron chi connectivity index (χ4n) is 4.18. The van der Waals surface area contributed by atoms with Gasteiger partial charge in [0.15, 0.2) is 0 Å². The molecule has 0 amide bonds. The molecule has 0 N–H and O–H groups in total. The van der Waals surface area contributed by atoms with Crippen LogP contribution >= 0.6 is 0 Å². The summed E-state index contributed by atoms with van der Waals surface area (Å²) in [5.41, 5.74) is 4.77. The van der Waals surface area contributed by atoms with Crippen LogP contribution in [0.25, 0.3) is 5.57 Å². The molecule has 0 aromatic heterocycles. The van der Waals surface area contributed by atoms with Crippen molar-refractivity contribution in [1.82, 2.24) is 0 Å². The molecule has 0 bridgehead atoms. The second kappa shape index (κ2) is 15.0. The molecule has 3 rings (SSSR count). The maximum Gasteiger partial charge on any atom is 0.119 e. The molecule has 3 heteroatoms. The van der Waals surface area contributed by atoms with Gasteiger partial charge in [-0.05, 0) is 85.6 Å². The first kappa shape index (κ1) is 25.6. The summed E-state index contributed by atoms with van der Waals surface area (Å²) in [7, 11) is 0. The minimum atomic E-state index is 0.761. The van der Waals surface area contributed by atoms with E-state index in [4.69, 9.17) is 14.7 Å². The molecule has 0 aliphatic heterocycles. The maximum atomic E-state index is 8.97. The summed E-state index contributed by atoms with van der Waals surface area (Å²) < 4.78 is 11.8. The molecular formula is C31H39NO2. The molecule has 0 heterocycles. The van der Waals surface area contributed by atoms with Crippen molar-refractivity contribution in [2.45, 2.75) is 77.6 Å². The van der Waals surface area contributed by atoms with E-state index >= 15 is 0 Å². The average Bonchev–Trinajstić information content (AvgIpc) is 2.89. The van der Waals surface area contributed by atoms with Crippen molar-refractivity contribution in [3.8, 4) is 17.6 Å². The van der Waals surface area contributed by atoms with Crippen LogP contribution in [0.2, 0.25) is 0 Å². The lowest BCUT2D eigenvalue weighted by Gasteiger charge is -2.12. The lowest BCUT2D eigenvalue weighted by Crippen LogP contribution is -1.99. The van der Waals surface area contributed by atoms with Gasteiger partial charge in [0.05, 0.1) is 19.3 Å². The van der Waals surface area contributed by atoms with Gasteiger partial charge in [-0.2, -0.15) is 5.26 Å². The molecule has 0 saturated carbocycles. The Labute approximate surface area is 206 Å². The summed E-state index contributed by atoms with van der Waals surface area (Å²) in [5, 5.41) is 8.97. The third-order valence-corrected chi connectivity index (χ3v) is 6.34. The molecule has 1 aliphatic carbocycles. The van der Waals surface area contributed by atoms with Crippen molar-refractivity contribution < 1.29 is 9.47 Å². The molecule has 0 fully saturated rings. The van der Waals surface area contributed by atoms with Crippen LogP contribution < -0.4 is 9.47 Å². The quantitative estimate of drug-likeness (QED) is 0.252. The Morgan fingerprint density at radius 2 is 1.32 bits per heavy atom. The van der Waals surface area contributed by atoms with Crippen molar-refractivity contribution in [1.29, 1.82) is 5.26 Å². The number of nitriles is 1. The first-order valence-corrected chi connectivity index (χ1v) is 13.0. The van der Waals surface area contributed by atoms with E-state index in [0.717, 1.165) is 56.0 Å².